The Labute approximate surface area is 119 Å². The maximum atomic E-state index is 13.9. The van der Waals surface area contributed by atoms with Gasteiger partial charge in [0.25, 0.3) is 0 Å². The minimum atomic E-state index is -1.39. The fourth-order valence-electron chi connectivity index (χ4n) is 1.51. The number of benzene rings is 1. The van der Waals surface area contributed by atoms with E-state index in [9.17, 15) is 18.0 Å². The Morgan fingerprint density at radius 1 is 1.30 bits per heavy atom. The third-order valence-electron chi connectivity index (χ3n) is 2.59. The van der Waals surface area contributed by atoms with Crippen molar-refractivity contribution in [3.05, 3.63) is 45.6 Å². The van der Waals surface area contributed by atoms with Gasteiger partial charge in [0, 0.05) is 11.1 Å². The first-order chi connectivity index (χ1) is 9.32. The molecule has 1 aromatic heterocycles. The van der Waals surface area contributed by atoms with Crippen LogP contribution in [-0.4, -0.2) is 21.0 Å². The zero-order valence-electron chi connectivity index (χ0n) is 9.92. The molecule has 0 amide bonds. The van der Waals surface area contributed by atoms with E-state index < -0.39 is 40.2 Å². The van der Waals surface area contributed by atoms with Gasteiger partial charge >= 0.3 is 5.97 Å². The van der Waals surface area contributed by atoms with Crippen molar-refractivity contribution in [3.63, 3.8) is 0 Å². The van der Waals surface area contributed by atoms with Crippen molar-refractivity contribution < 1.29 is 23.1 Å². The first-order valence-electron chi connectivity index (χ1n) is 5.23. The normalized spacial score (nSPS) is 10.7. The Hall–Kier alpha value is -1.96. The molecule has 0 atom stereocenters. The minimum Gasteiger partial charge on any atom is -0.476 e. The van der Waals surface area contributed by atoms with E-state index >= 15 is 0 Å². The smallest absolute Gasteiger partial charge is 0.356 e. The van der Waals surface area contributed by atoms with Gasteiger partial charge in [-0.05, 0) is 28.9 Å². The molecule has 0 fully saturated rings. The van der Waals surface area contributed by atoms with E-state index in [1.807, 2.05) is 0 Å². The Kier molecular flexibility index (Phi) is 3.76. The highest BCUT2D eigenvalue weighted by molar-refractivity contribution is 9.10. The first-order valence-corrected chi connectivity index (χ1v) is 6.02. The van der Waals surface area contributed by atoms with E-state index in [0.717, 1.165) is 19.2 Å². The van der Waals surface area contributed by atoms with Gasteiger partial charge in [0.15, 0.2) is 17.3 Å². The van der Waals surface area contributed by atoms with Crippen LogP contribution < -0.4 is 0 Å². The van der Waals surface area contributed by atoms with Gasteiger partial charge < -0.3 is 5.11 Å². The van der Waals surface area contributed by atoms with Gasteiger partial charge in [-0.25, -0.2) is 27.9 Å². The second-order valence-corrected chi connectivity index (χ2v) is 4.61. The largest absolute Gasteiger partial charge is 0.476 e. The number of carboxylic acids is 1. The van der Waals surface area contributed by atoms with Crippen molar-refractivity contribution in [1.82, 2.24) is 9.97 Å². The quantitative estimate of drug-likeness (QED) is 0.847. The number of rotatable bonds is 2. The summed E-state index contributed by atoms with van der Waals surface area (Å²) in [5, 5.41) is 8.81. The van der Waals surface area contributed by atoms with Gasteiger partial charge in [0.1, 0.15) is 16.1 Å². The van der Waals surface area contributed by atoms with Crippen LogP contribution in [-0.2, 0) is 0 Å². The van der Waals surface area contributed by atoms with Crippen LogP contribution in [0.5, 0.6) is 0 Å². The fourth-order valence-corrected chi connectivity index (χ4v) is 1.91. The Bertz CT molecular complexity index is 722. The van der Waals surface area contributed by atoms with Crippen LogP contribution in [0.25, 0.3) is 11.3 Å². The van der Waals surface area contributed by atoms with Crippen molar-refractivity contribution in [3.8, 4) is 11.3 Å². The highest BCUT2D eigenvalue weighted by Crippen LogP contribution is 2.30. The van der Waals surface area contributed by atoms with Crippen LogP contribution in [0.4, 0.5) is 13.2 Å². The zero-order chi connectivity index (χ0) is 15.0. The number of aromatic nitrogens is 2. The third kappa shape index (κ3) is 2.38. The third-order valence-corrected chi connectivity index (χ3v) is 3.17. The van der Waals surface area contributed by atoms with Crippen LogP contribution >= 0.6 is 15.9 Å². The van der Waals surface area contributed by atoms with E-state index in [2.05, 4.69) is 25.9 Å². The molecule has 2 rings (SSSR count). The molecular weight excluding hydrogens is 341 g/mol. The summed E-state index contributed by atoms with van der Waals surface area (Å²) in [6, 6.07) is 0.744. The number of carbonyl (C=O) groups is 1. The average Bonchev–Trinajstić information content (AvgIpc) is 2.41. The highest BCUT2D eigenvalue weighted by atomic mass is 79.9. The molecule has 4 nitrogen and oxygen atoms in total. The molecule has 1 aromatic carbocycles. The SMILES string of the molecule is Cc1c(F)cc(-c2nc(C(=O)O)cnc2Br)c(F)c1F. The summed E-state index contributed by atoms with van der Waals surface area (Å²) < 4.78 is 40.9. The maximum absolute atomic E-state index is 13.9. The van der Waals surface area contributed by atoms with E-state index in [-0.39, 0.29) is 10.3 Å². The predicted octanol–water partition coefficient (Wildman–Crippen LogP) is 3.33. The standard InChI is InChI=1S/C12H6BrF3N2O2/c1-4-6(14)2-5(9(16)8(4)15)10-11(13)17-3-7(18-10)12(19)20/h2-3H,1H3,(H,19,20). The van der Waals surface area contributed by atoms with Gasteiger partial charge in [-0.3, -0.25) is 0 Å². The molecule has 0 aliphatic carbocycles. The lowest BCUT2D eigenvalue weighted by molar-refractivity contribution is 0.0690. The molecule has 0 radical (unpaired) electrons. The molecule has 0 aliphatic heterocycles. The fraction of sp³-hybridized carbons (Fsp3) is 0.0833. The molecule has 20 heavy (non-hydrogen) atoms. The summed E-state index contributed by atoms with van der Waals surface area (Å²) in [6.07, 6.45) is 0.939. The molecule has 1 heterocycles. The number of halogens is 4. The topological polar surface area (TPSA) is 63.1 Å². The average molecular weight is 347 g/mol. The molecule has 2 aromatic rings. The predicted molar refractivity (Wildman–Crippen MR) is 66.7 cm³/mol. The van der Waals surface area contributed by atoms with Gasteiger partial charge in [-0.15, -0.1) is 0 Å². The van der Waals surface area contributed by atoms with Gasteiger partial charge in [0.2, 0.25) is 0 Å². The maximum Gasteiger partial charge on any atom is 0.356 e. The van der Waals surface area contributed by atoms with Crippen molar-refractivity contribution >= 4 is 21.9 Å². The summed E-state index contributed by atoms with van der Waals surface area (Å²) >= 11 is 2.94. The monoisotopic (exact) mass is 346 g/mol. The van der Waals surface area contributed by atoms with Gasteiger partial charge in [-0.1, -0.05) is 0 Å². The lowest BCUT2D eigenvalue weighted by Crippen LogP contribution is -2.05. The minimum absolute atomic E-state index is 0.0240. The van der Waals surface area contributed by atoms with E-state index in [4.69, 9.17) is 5.11 Å². The van der Waals surface area contributed by atoms with Gasteiger partial charge in [-0.2, -0.15) is 0 Å². The Morgan fingerprint density at radius 2 is 1.95 bits per heavy atom. The molecule has 0 saturated heterocycles. The summed E-state index contributed by atoms with van der Waals surface area (Å²) in [7, 11) is 0. The Morgan fingerprint density at radius 3 is 2.55 bits per heavy atom. The van der Waals surface area contributed by atoms with E-state index in [1.54, 1.807) is 0 Å². The van der Waals surface area contributed by atoms with Crippen molar-refractivity contribution in [2.24, 2.45) is 0 Å². The molecule has 0 unspecified atom stereocenters. The van der Waals surface area contributed by atoms with E-state index in [0.29, 0.717) is 0 Å². The second-order valence-electron chi connectivity index (χ2n) is 3.86. The summed E-state index contributed by atoms with van der Waals surface area (Å²) in [4.78, 5) is 18.1. The van der Waals surface area contributed by atoms with Crippen molar-refractivity contribution in [2.75, 3.05) is 0 Å². The van der Waals surface area contributed by atoms with Crippen molar-refractivity contribution in [1.29, 1.82) is 0 Å². The van der Waals surface area contributed by atoms with E-state index in [1.165, 1.54) is 0 Å². The van der Waals surface area contributed by atoms with Gasteiger partial charge in [0.05, 0.1) is 6.20 Å². The molecule has 0 bridgehead atoms. The van der Waals surface area contributed by atoms with Crippen molar-refractivity contribution in [2.45, 2.75) is 6.92 Å². The highest BCUT2D eigenvalue weighted by Gasteiger charge is 2.21. The lowest BCUT2D eigenvalue weighted by Gasteiger charge is -2.08. The number of aromatic carboxylic acids is 1. The number of nitrogens with zero attached hydrogens (tertiary/aromatic N) is 2. The molecule has 1 N–H and O–H groups in total. The zero-order valence-corrected chi connectivity index (χ0v) is 11.5. The van der Waals surface area contributed by atoms with Crippen LogP contribution in [0.1, 0.15) is 16.1 Å². The number of carboxylic acid groups (broad SMARTS) is 1. The summed E-state index contributed by atoms with van der Waals surface area (Å²) in [6.45, 7) is 1.09. The lowest BCUT2D eigenvalue weighted by atomic mass is 10.1. The van der Waals surface area contributed by atoms with Crippen LogP contribution in [0.15, 0.2) is 16.9 Å². The summed E-state index contributed by atoms with van der Waals surface area (Å²) in [5.41, 5.74) is -1.73. The first kappa shape index (κ1) is 14.4. The summed E-state index contributed by atoms with van der Waals surface area (Å²) in [5.74, 6) is -5.02. The molecule has 0 saturated carbocycles. The number of hydrogen-bond donors (Lipinski definition) is 1. The Balaban J connectivity index is 2.74. The molecule has 104 valence electrons. The van der Waals surface area contributed by atoms with Crippen LogP contribution in [0.3, 0.4) is 0 Å². The molecule has 8 heteroatoms. The molecular formula is C12H6BrF3N2O2. The number of hydrogen-bond acceptors (Lipinski definition) is 3. The molecule has 0 aliphatic rings. The molecule has 0 spiro atoms. The van der Waals surface area contributed by atoms with Crippen LogP contribution in [0, 0.1) is 24.4 Å². The van der Waals surface area contributed by atoms with Crippen LogP contribution in [0.2, 0.25) is 0 Å². The second kappa shape index (κ2) is 5.20.